The number of aliphatic hydroxyl groups excluding tert-OH is 2. The number of carbonyl (C=O) groups excluding carboxylic acids is 1. The van der Waals surface area contributed by atoms with E-state index >= 15 is 0 Å². The molecule has 2 fully saturated rings. The first-order valence-electron chi connectivity index (χ1n) is 10.9. The molecule has 6 heteroatoms. The summed E-state index contributed by atoms with van der Waals surface area (Å²) in [7, 11) is 0. The van der Waals surface area contributed by atoms with Crippen molar-refractivity contribution in [2.24, 2.45) is 0 Å². The number of hydrogen-bond acceptors (Lipinski definition) is 5. The van der Waals surface area contributed by atoms with Crippen LogP contribution in [0.4, 0.5) is 0 Å². The predicted molar refractivity (Wildman–Crippen MR) is 118 cm³/mol. The van der Waals surface area contributed by atoms with E-state index in [-0.39, 0.29) is 30.5 Å². The molecule has 0 spiro atoms. The lowest BCUT2D eigenvalue weighted by atomic mass is 9.74. The van der Waals surface area contributed by atoms with E-state index in [1.54, 1.807) is 31.5 Å². The summed E-state index contributed by atoms with van der Waals surface area (Å²) in [5.41, 5.74) is 2.67. The van der Waals surface area contributed by atoms with Gasteiger partial charge in [-0.2, -0.15) is 0 Å². The van der Waals surface area contributed by atoms with Crippen molar-refractivity contribution in [3.8, 4) is 11.8 Å². The summed E-state index contributed by atoms with van der Waals surface area (Å²) in [5.74, 6) is 5.93. The Hall–Kier alpha value is -2.72. The van der Waals surface area contributed by atoms with E-state index in [0.717, 1.165) is 37.1 Å². The quantitative estimate of drug-likeness (QED) is 0.743. The lowest BCUT2D eigenvalue weighted by Crippen LogP contribution is -2.67. The number of hydrogen-bond donors (Lipinski definition) is 2. The Morgan fingerprint density at radius 3 is 2.55 bits per heavy atom. The number of fused-ring (bicyclic) bond motifs is 1. The highest BCUT2D eigenvalue weighted by Gasteiger charge is 2.49. The van der Waals surface area contributed by atoms with Gasteiger partial charge in [-0.05, 0) is 56.1 Å². The Labute approximate surface area is 183 Å². The number of pyridine rings is 1. The molecule has 2 aromatic rings. The van der Waals surface area contributed by atoms with Gasteiger partial charge in [-0.25, -0.2) is 0 Å². The smallest absolute Gasteiger partial charge is 0.254 e. The Bertz CT molecular complexity index is 949. The van der Waals surface area contributed by atoms with Crippen molar-refractivity contribution < 1.29 is 15.0 Å². The van der Waals surface area contributed by atoms with Crippen molar-refractivity contribution in [3.63, 3.8) is 0 Å². The third-order valence-electron chi connectivity index (χ3n) is 6.31. The summed E-state index contributed by atoms with van der Waals surface area (Å²) < 4.78 is 0. The van der Waals surface area contributed by atoms with Crippen molar-refractivity contribution in [3.05, 3.63) is 65.5 Å². The lowest BCUT2D eigenvalue weighted by Gasteiger charge is -2.57. The van der Waals surface area contributed by atoms with Gasteiger partial charge < -0.3 is 15.1 Å². The molecule has 3 heterocycles. The molecule has 2 N–H and O–H groups in total. The predicted octanol–water partition coefficient (Wildman–Crippen LogP) is 1.88. The van der Waals surface area contributed by atoms with Gasteiger partial charge in [-0.15, -0.1) is 0 Å². The van der Waals surface area contributed by atoms with Crippen LogP contribution in [-0.4, -0.2) is 75.3 Å². The molecule has 0 saturated carbocycles. The van der Waals surface area contributed by atoms with E-state index in [9.17, 15) is 15.0 Å². The molecule has 0 aliphatic carbocycles. The minimum Gasteiger partial charge on any atom is -0.395 e. The van der Waals surface area contributed by atoms with Gasteiger partial charge in [0.25, 0.3) is 5.91 Å². The maximum atomic E-state index is 13.1. The highest BCUT2D eigenvalue weighted by Crippen LogP contribution is 2.42. The number of aromatic nitrogens is 1. The van der Waals surface area contributed by atoms with E-state index in [4.69, 9.17) is 0 Å². The molecule has 1 amide bonds. The fraction of sp³-hybridized carbons (Fsp3) is 0.440. The SMILES string of the molecule is C[C@H](O)C#Cc1ccc([C@@H]2[C@H]3CN(C(=O)c4ccncc4)CCCCN3[C@H]2CO)cc1. The maximum Gasteiger partial charge on any atom is 0.254 e. The number of carbonyl (C=O) groups is 1. The van der Waals surface area contributed by atoms with Crippen molar-refractivity contribution in [2.45, 2.75) is 43.9 Å². The lowest BCUT2D eigenvalue weighted by molar-refractivity contribution is -0.0606. The molecule has 4 rings (SSSR count). The topological polar surface area (TPSA) is 76.9 Å². The zero-order valence-electron chi connectivity index (χ0n) is 17.8. The average Bonchev–Trinajstić information content (AvgIpc) is 2.77. The van der Waals surface area contributed by atoms with Crippen molar-refractivity contribution in [1.29, 1.82) is 0 Å². The Morgan fingerprint density at radius 2 is 1.87 bits per heavy atom. The van der Waals surface area contributed by atoms with Gasteiger partial charge in [0.15, 0.2) is 0 Å². The average molecular weight is 420 g/mol. The molecule has 2 aliphatic rings. The molecule has 1 aromatic carbocycles. The van der Waals surface area contributed by atoms with Crippen molar-refractivity contribution in [1.82, 2.24) is 14.8 Å². The number of nitrogens with zero attached hydrogens (tertiary/aromatic N) is 3. The van der Waals surface area contributed by atoms with Gasteiger partial charge in [-0.1, -0.05) is 24.0 Å². The monoisotopic (exact) mass is 419 g/mol. The third-order valence-corrected chi connectivity index (χ3v) is 6.31. The second kappa shape index (κ2) is 9.61. The van der Waals surface area contributed by atoms with Crippen molar-refractivity contribution in [2.75, 3.05) is 26.2 Å². The first kappa shape index (κ1) is 21.5. The Balaban J connectivity index is 1.56. The van der Waals surface area contributed by atoms with Crippen LogP contribution in [0.3, 0.4) is 0 Å². The summed E-state index contributed by atoms with van der Waals surface area (Å²) in [5, 5.41) is 19.5. The van der Waals surface area contributed by atoms with E-state index in [0.29, 0.717) is 12.1 Å². The van der Waals surface area contributed by atoms with E-state index in [1.807, 2.05) is 17.0 Å². The largest absolute Gasteiger partial charge is 0.395 e. The Morgan fingerprint density at radius 1 is 1.16 bits per heavy atom. The summed E-state index contributed by atoms with van der Waals surface area (Å²) in [4.78, 5) is 21.4. The van der Waals surface area contributed by atoms with Crippen molar-refractivity contribution >= 4 is 5.91 Å². The van der Waals surface area contributed by atoms with Gasteiger partial charge in [0.05, 0.1) is 6.61 Å². The number of amides is 1. The second-order valence-corrected chi connectivity index (χ2v) is 8.34. The van der Waals surface area contributed by atoms with E-state index < -0.39 is 6.10 Å². The molecule has 1 aromatic heterocycles. The number of benzene rings is 1. The molecule has 2 aliphatic heterocycles. The normalized spacial score (nSPS) is 24.6. The van der Waals surface area contributed by atoms with Crippen LogP contribution in [0, 0.1) is 11.8 Å². The summed E-state index contributed by atoms with van der Waals surface area (Å²) >= 11 is 0. The van der Waals surface area contributed by atoms with Crippen LogP contribution < -0.4 is 0 Å². The molecule has 0 bridgehead atoms. The summed E-state index contributed by atoms with van der Waals surface area (Å²) in [6.07, 6.45) is 4.61. The number of aliphatic hydroxyl groups is 2. The van der Waals surface area contributed by atoms with Crippen LogP contribution in [0.25, 0.3) is 0 Å². The molecule has 2 saturated heterocycles. The van der Waals surface area contributed by atoms with Gasteiger partial charge in [0.2, 0.25) is 0 Å². The van der Waals surface area contributed by atoms with Crippen LogP contribution in [0.1, 0.15) is 47.2 Å². The third kappa shape index (κ3) is 4.64. The minimum atomic E-state index is -0.655. The molecule has 0 unspecified atom stereocenters. The minimum absolute atomic E-state index is 0.0409. The molecule has 0 radical (unpaired) electrons. The fourth-order valence-corrected chi connectivity index (χ4v) is 4.78. The van der Waals surface area contributed by atoms with Crippen LogP contribution >= 0.6 is 0 Å². The Kier molecular flexibility index (Phi) is 6.67. The maximum absolute atomic E-state index is 13.1. The number of rotatable bonds is 3. The van der Waals surface area contributed by atoms with Crippen LogP contribution in [0.15, 0.2) is 48.8 Å². The highest BCUT2D eigenvalue weighted by molar-refractivity contribution is 5.94. The second-order valence-electron chi connectivity index (χ2n) is 8.34. The molecule has 6 nitrogen and oxygen atoms in total. The molecule has 4 atom stereocenters. The van der Waals surface area contributed by atoms with Crippen LogP contribution in [0.2, 0.25) is 0 Å². The van der Waals surface area contributed by atoms with Gasteiger partial charge in [-0.3, -0.25) is 14.7 Å². The standard InChI is InChI=1S/C25H29N3O3/c1-18(30)4-5-19-6-8-20(9-7-19)24-22-16-27(25(31)21-10-12-26-13-11-21)14-2-3-15-28(22)23(24)17-29/h6-13,18,22-24,29-30H,2-3,14-17H2,1H3/t18-,22+,23-,24+/m0/s1. The fourth-order valence-electron chi connectivity index (χ4n) is 4.78. The molecular formula is C25H29N3O3. The molecule has 31 heavy (non-hydrogen) atoms. The summed E-state index contributed by atoms with van der Waals surface area (Å²) in [6, 6.07) is 11.8. The molecular weight excluding hydrogens is 390 g/mol. The van der Waals surface area contributed by atoms with E-state index in [2.05, 4.69) is 33.9 Å². The summed E-state index contributed by atoms with van der Waals surface area (Å²) in [6.45, 7) is 4.08. The van der Waals surface area contributed by atoms with E-state index in [1.165, 1.54) is 0 Å². The first-order valence-corrected chi connectivity index (χ1v) is 10.9. The first-order chi connectivity index (χ1) is 15.1. The molecule has 162 valence electrons. The zero-order valence-corrected chi connectivity index (χ0v) is 17.8. The zero-order chi connectivity index (χ0) is 21.8. The van der Waals surface area contributed by atoms with Crippen LogP contribution in [0.5, 0.6) is 0 Å². The van der Waals surface area contributed by atoms with Gasteiger partial charge in [0.1, 0.15) is 6.10 Å². The van der Waals surface area contributed by atoms with Gasteiger partial charge >= 0.3 is 0 Å². The van der Waals surface area contributed by atoms with Gasteiger partial charge in [0, 0.05) is 54.6 Å². The highest BCUT2D eigenvalue weighted by atomic mass is 16.3. The van der Waals surface area contributed by atoms with Crippen LogP contribution in [-0.2, 0) is 0 Å².